The number of nitrogens with zero attached hydrogens (tertiary/aromatic N) is 2. The summed E-state index contributed by atoms with van der Waals surface area (Å²) in [6, 6.07) is 16.6. The van der Waals surface area contributed by atoms with Gasteiger partial charge in [0.15, 0.2) is 0 Å². The van der Waals surface area contributed by atoms with Crippen molar-refractivity contribution in [3.8, 4) is 0 Å². The number of piperazine rings is 1. The average molecular weight is 373 g/mol. The fourth-order valence-electron chi connectivity index (χ4n) is 2.88. The van der Waals surface area contributed by atoms with E-state index in [4.69, 9.17) is 0 Å². The van der Waals surface area contributed by atoms with E-state index in [9.17, 15) is 9.18 Å². The molecule has 0 atom stereocenters. The fourth-order valence-corrected chi connectivity index (χ4v) is 3.81. The van der Waals surface area contributed by atoms with Gasteiger partial charge in [0.1, 0.15) is 5.82 Å². The molecular formula is C20H24FN3OS. The van der Waals surface area contributed by atoms with Crippen LogP contribution < -0.4 is 5.32 Å². The Morgan fingerprint density at radius 2 is 1.69 bits per heavy atom. The molecule has 138 valence electrons. The van der Waals surface area contributed by atoms with Gasteiger partial charge in [0.25, 0.3) is 0 Å². The van der Waals surface area contributed by atoms with E-state index >= 15 is 0 Å². The van der Waals surface area contributed by atoms with Crippen molar-refractivity contribution in [2.24, 2.45) is 0 Å². The summed E-state index contributed by atoms with van der Waals surface area (Å²) in [6.45, 7) is 4.74. The van der Waals surface area contributed by atoms with E-state index in [2.05, 4.69) is 34.5 Å². The molecular weight excluding hydrogens is 349 g/mol. The smallest absolute Gasteiger partial charge is 0.317 e. The van der Waals surface area contributed by atoms with Gasteiger partial charge >= 0.3 is 6.03 Å². The molecule has 1 saturated heterocycles. The lowest BCUT2D eigenvalue weighted by molar-refractivity contribution is 0.143. The monoisotopic (exact) mass is 373 g/mol. The minimum Gasteiger partial charge on any atom is -0.334 e. The van der Waals surface area contributed by atoms with Gasteiger partial charge in [-0.3, -0.25) is 4.90 Å². The van der Waals surface area contributed by atoms with Crippen LogP contribution in [0.5, 0.6) is 0 Å². The first kappa shape index (κ1) is 18.7. The summed E-state index contributed by atoms with van der Waals surface area (Å²) in [5.74, 6) is 0.794. The maximum atomic E-state index is 12.9. The van der Waals surface area contributed by atoms with Crippen LogP contribution in [0.3, 0.4) is 0 Å². The molecule has 3 rings (SSSR count). The quantitative estimate of drug-likeness (QED) is 0.788. The van der Waals surface area contributed by atoms with Crippen molar-refractivity contribution < 1.29 is 9.18 Å². The summed E-state index contributed by atoms with van der Waals surface area (Å²) < 4.78 is 12.9. The maximum Gasteiger partial charge on any atom is 0.317 e. The zero-order chi connectivity index (χ0) is 18.2. The van der Waals surface area contributed by atoms with Crippen molar-refractivity contribution in [1.29, 1.82) is 0 Å². The Morgan fingerprint density at radius 3 is 2.38 bits per heavy atom. The summed E-state index contributed by atoms with van der Waals surface area (Å²) in [6.07, 6.45) is 0. The normalized spacial score (nSPS) is 15.0. The largest absolute Gasteiger partial charge is 0.334 e. The van der Waals surface area contributed by atoms with Crippen LogP contribution in [0, 0.1) is 5.82 Å². The molecule has 1 heterocycles. The predicted octanol–water partition coefficient (Wildman–Crippen LogP) is 3.45. The zero-order valence-corrected chi connectivity index (χ0v) is 15.6. The lowest BCUT2D eigenvalue weighted by Gasteiger charge is -2.34. The molecule has 0 spiro atoms. The Labute approximate surface area is 158 Å². The van der Waals surface area contributed by atoms with Crippen molar-refractivity contribution >= 4 is 17.8 Å². The SMILES string of the molecule is O=C(NCc1ccc(F)cc1)N1CCN(CCSc2ccccc2)CC1. The van der Waals surface area contributed by atoms with Gasteiger partial charge in [0.2, 0.25) is 0 Å². The van der Waals surface area contributed by atoms with Gasteiger partial charge in [-0.05, 0) is 29.8 Å². The summed E-state index contributed by atoms with van der Waals surface area (Å²) >= 11 is 1.87. The molecule has 1 aliphatic heterocycles. The third kappa shape index (κ3) is 5.75. The second kappa shape index (κ2) is 9.59. The van der Waals surface area contributed by atoms with Crippen LogP contribution >= 0.6 is 11.8 Å². The van der Waals surface area contributed by atoms with Gasteiger partial charge in [-0.2, -0.15) is 0 Å². The molecule has 1 N–H and O–H groups in total. The van der Waals surface area contributed by atoms with Crippen molar-refractivity contribution in [3.63, 3.8) is 0 Å². The van der Waals surface area contributed by atoms with Crippen LogP contribution in [0.4, 0.5) is 9.18 Å². The van der Waals surface area contributed by atoms with E-state index in [1.54, 1.807) is 12.1 Å². The van der Waals surface area contributed by atoms with Gasteiger partial charge in [-0.15, -0.1) is 11.8 Å². The van der Waals surface area contributed by atoms with Gasteiger partial charge < -0.3 is 10.2 Å². The Bertz CT molecular complexity index is 688. The van der Waals surface area contributed by atoms with Crippen molar-refractivity contribution in [2.75, 3.05) is 38.5 Å². The van der Waals surface area contributed by atoms with E-state index in [1.165, 1.54) is 17.0 Å². The number of rotatable bonds is 6. The van der Waals surface area contributed by atoms with E-state index in [0.29, 0.717) is 6.54 Å². The van der Waals surface area contributed by atoms with Crippen LogP contribution in [0.1, 0.15) is 5.56 Å². The van der Waals surface area contributed by atoms with Crippen LogP contribution in [0.15, 0.2) is 59.5 Å². The number of hydrogen-bond donors (Lipinski definition) is 1. The molecule has 1 fully saturated rings. The number of carbonyl (C=O) groups excluding carboxylic acids is 1. The van der Waals surface area contributed by atoms with Gasteiger partial charge in [0, 0.05) is 49.9 Å². The van der Waals surface area contributed by atoms with Crippen LogP contribution in [-0.4, -0.2) is 54.3 Å². The highest BCUT2D eigenvalue weighted by atomic mass is 32.2. The second-order valence-corrected chi connectivity index (χ2v) is 7.44. The van der Waals surface area contributed by atoms with Gasteiger partial charge in [0.05, 0.1) is 0 Å². The number of thioether (sulfide) groups is 1. The van der Waals surface area contributed by atoms with Crippen molar-refractivity contribution in [2.45, 2.75) is 11.4 Å². The molecule has 2 aromatic rings. The van der Waals surface area contributed by atoms with Crippen molar-refractivity contribution in [1.82, 2.24) is 15.1 Å². The summed E-state index contributed by atoms with van der Waals surface area (Å²) in [4.78, 5) is 17.8. The molecule has 0 bridgehead atoms. The molecule has 6 heteroatoms. The van der Waals surface area contributed by atoms with Crippen LogP contribution in [0.2, 0.25) is 0 Å². The predicted molar refractivity (Wildman–Crippen MR) is 104 cm³/mol. The highest BCUT2D eigenvalue weighted by Crippen LogP contribution is 2.17. The number of amides is 2. The third-order valence-electron chi connectivity index (χ3n) is 4.44. The summed E-state index contributed by atoms with van der Waals surface area (Å²) in [5, 5.41) is 2.91. The van der Waals surface area contributed by atoms with Gasteiger partial charge in [-0.25, -0.2) is 9.18 Å². The first-order valence-electron chi connectivity index (χ1n) is 8.88. The third-order valence-corrected chi connectivity index (χ3v) is 5.43. The molecule has 26 heavy (non-hydrogen) atoms. The fraction of sp³-hybridized carbons (Fsp3) is 0.350. The molecule has 0 saturated carbocycles. The Kier molecular flexibility index (Phi) is 6.91. The Hall–Kier alpha value is -2.05. The molecule has 4 nitrogen and oxygen atoms in total. The number of nitrogens with one attached hydrogen (secondary N) is 1. The van der Waals surface area contributed by atoms with E-state index in [1.807, 2.05) is 22.7 Å². The van der Waals surface area contributed by atoms with E-state index in [-0.39, 0.29) is 11.8 Å². The van der Waals surface area contributed by atoms with E-state index < -0.39 is 0 Å². The average Bonchev–Trinajstić information content (AvgIpc) is 2.69. The number of carbonyl (C=O) groups is 1. The standard InChI is InChI=1S/C20H24FN3OS/c21-18-8-6-17(7-9-18)16-22-20(25)24-12-10-23(11-13-24)14-15-26-19-4-2-1-3-5-19/h1-9H,10-16H2,(H,22,25). The summed E-state index contributed by atoms with van der Waals surface area (Å²) in [7, 11) is 0. The number of urea groups is 1. The molecule has 0 aromatic heterocycles. The minimum atomic E-state index is -0.262. The van der Waals surface area contributed by atoms with Gasteiger partial charge in [-0.1, -0.05) is 30.3 Å². The second-order valence-electron chi connectivity index (χ2n) is 6.28. The van der Waals surface area contributed by atoms with Crippen molar-refractivity contribution in [3.05, 3.63) is 66.0 Å². The Morgan fingerprint density at radius 1 is 1.00 bits per heavy atom. The number of hydrogen-bond acceptors (Lipinski definition) is 3. The minimum absolute atomic E-state index is 0.0485. The molecule has 2 amide bonds. The Balaban J connectivity index is 1.33. The molecule has 0 radical (unpaired) electrons. The topological polar surface area (TPSA) is 35.6 Å². The van der Waals surface area contributed by atoms with Crippen LogP contribution in [0.25, 0.3) is 0 Å². The molecule has 1 aliphatic rings. The highest BCUT2D eigenvalue weighted by molar-refractivity contribution is 7.99. The zero-order valence-electron chi connectivity index (χ0n) is 14.7. The lowest BCUT2D eigenvalue weighted by atomic mass is 10.2. The lowest BCUT2D eigenvalue weighted by Crippen LogP contribution is -2.51. The van der Waals surface area contributed by atoms with E-state index in [0.717, 1.165) is 44.0 Å². The first-order valence-corrected chi connectivity index (χ1v) is 9.87. The number of halogens is 1. The molecule has 0 aliphatic carbocycles. The summed E-state index contributed by atoms with van der Waals surface area (Å²) in [5.41, 5.74) is 0.899. The molecule has 2 aromatic carbocycles. The maximum absolute atomic E-state index is 12.9. The highest BCUT2D eigenvalue weighted by Gasteiger charge is 2.20. The first-order chi connectivity index (χ1) is 12.7. The number of benzene rings is 2. The molecule has 0 unspecified atom stereocenters. The van der Waals surface area contributed by atoms with Crippen LogP contribution in [-0.2, 0) is 6.54 Å².